The van der Waals surface area contributed by atoms with Crippen molar-refractivity contribution < 1.29 is 53.8 Å². The summed E-state index contributed by atoms with van der Waals surface area (Å²) >= 11 is 0. The Hall–Kier alpha value is 0.157. The molecule has 3 nitrogen and oxygen atoms in total. The molecule has 0 atom stereocenters. The van der Waals surface area contributed by atoms with Gasteiger partial charge in [0, 0.05) is 12.8 Å². The van der Waals surface area contributed by atoms with Crippen molar-refractivity contribution >= 4 is 10.1 Å². The summed E-state index contributed by atoms with van der Waals surface area (Å²) in [6, 6.07) is 0. The van der Waals surface area contributed by atoms with E-state index in [0.29, 0.717) is 0 Å². The minimum atomic E-state index is -5.87. The number of hydrogen-bond acceptors (Lipinski definition) is 3. The van der Waals surface area contributed by atoms with Gasteiger partial charge in [-0.15, -0.1) is 0 Å². The molecular weight excluding hydrogens is 242 g/mol. The van der Waals surface area contributed by atoms with Crippen molar-refractivity contribution in [2.45, 2.75) is 30.7 Å². The molecule has 86 valence electrons. The summed E-state index contributed by atoms with van der Waals surface area (Å²) in [6.07, 6.45) is -8.89. The van der Waals surface area contributed by atoms with Crippen LogP contribution in [0.5, 0.6) is 0 Å². The first-order valence-electron chi connectivity index (χ1n) is 3.36. The fourth-order valence-corrected chi connectivity index (χ4v) is 1.01. The Bertz CT molecular complexity index is 286. The molecule has 0 unspecified atom stereocenters. The first-order chi connectivity index (χ1) is 5.96. The van der Waals surface area contributed by atoms with Crippen LogP contribution in [0, 0.1) is 0 Å². The summed E-state index contributed by atoms with van der Waals surface area (Å²) in [5, 5.41) is -4.63. The first kappa shape index (κ1) is 17.5. The molecule has 10 heteroatoms. The normalized spacial score (nSPS) is 13.5. The van der Waals surface area contributed by atoms with E-state index < -0.39 is 40.8 Å². The second-order valence-electron chi connectivity index (χ2n) is 2.56. The smallest absolute Gasteiger partial charge is 0.743 e. The first-order valence-corrected chi connectivity index (χ1v) is 4.76. The Balaban J connectivity index is 0. The molecule has 0 rings (SSSR count). The Morgan fingerprint density at radius 1 is 1.00 bits per heavy atom. The maximum Gasteiger partial charge on any atom is 1.00 e. The molecule has 0 saturated carbocycles. The summed E-state index contributed by atoms with van der Waals surface area (Å²) in [5.74, 6) is 0. The van der Waals surface area contributed by atoms with E-state index in [1.807, 2.05) is 0 Å². The van der Waals surface area contributed by atoms with Crippen molar-refractivity contribution in [3.8, 4) is 0 Å². The molecule has 0 spiro atoms. The van der Waals surface area contributed by atoms with Crippen molar-refractivity contribution in [3.63, 3.8) is 0 Å². The zero-order valence-electron chi connectivity index (χ0n) is 7.64. The van der Waals surface area contributed by atoms with Gasteiger partial charge in [-0.05, 0) is 6.42 Å². The van der Waals surface area contributed by atoms with Crippen LogP contribution < -0.4 is 18.9 Å². The van der Waals surface area contributed by atoms with Crippen LogP contribution in [0.3, 0.4) is 0 Å². The van der Waals surface area contributed by atoms with Gasteiger partial charge in [-0.1, -0.05) is 0 Å². The molecule has 0 aromatic carbocycles. The average molecular weight is 248 g/mol. The van der Waals surface area contributed by atoms with Crippen molar-refractivity contribution in [1.29, 1.82) is 0 Å². The topological polar surface area (TPSA) is 57.2 Å². The molecule has 0 aliphatic heterocycles. The minimum Gasteiger partial charge on any atom is -0.743 e. The van der Waals surface area contributed by atoms with E-state index in [1.165, 1.54) is 0 Å². The third-order valence-electron chi connectivity index (χ3n) is 1.29. The van der Waals surface area contributed by atoms with E-state index in [0.717, 1.165) is 0 Å². The van der Waals surface area contributed by atoms with Crippen LogP contribution in [-0.2, 0) is 10.1 Å². The standard InChI is InChI=1S/C5H7F5O3S.Li/c6-4(7,8)2-1-3-5(9,10)14(11,12)13;/h1-3H2,(H,11,12,13);/q;+1/p-1. The molecule has 0 aliphatic carbocycles. The second-order valence-corrected chi connectivity index (χ2v) is 4.07. The van der Waals surface area contributed by atoms with E-state index in [2.05, 4.69) is 0 Å². The van der Waals surface area contributed by atoms with E-state index in [1.54, 1.807) is 0 Å². The van der Waals surface area contributed by atoms with Crippen LogP contribution in [0.2, 0.25) is 0 Å². The third-order valence-corrected chi connectivity index (χ3v) is 2.23. The van der Waals surface area contributed by atoms with E-state index >= 15 is 0 Å². The van der Waals surface area contributed by atoms with Crippen molar-refractivity contribution in [2.75, 3.05) is 0 Å². The van der Waals surface area contributed by atoms with Crippen molar-refractivity contribution in [2.24, 2.45) is 0 Å². The zero-order valence-corrected chi connectivity index (χ0v) is 8.46. The Morgan fingerprint density at radius 2 is 1.40 bits per heavy atom. The van der Waals surface area contributed by atoms with Crippen LogP contribution in [0.1, 0.15) is 19.3 Å². The largest absolute Gasteiger partial charge is 1.00 e. The van der Waals surface area contributed by atoms with Crippen LogP contribution in [-0.4, -0.2) is 24.4 Å². The molecule has 0 N–H and O–H groups in total. The Labute approximate surface area is 95.0 Å². The molecule has 15 heavy (non-hydrogen) atoms. The Morgan fingerprint density at radius 3 is 1.67 bits per heavy atom. The number of alkyl halides is 5. The molecule has 0 aromatic rings. The molecule has 0 aromatic heterocycles. The van der Waals surface area contributed by atoms with Crippen LogP contribution >= 0.6 is 0 Å². The molecule has 0 amide bonds. The molecule has 0 fully saturated rings. The maximum atomic E-state index is 12.2. The fourth-order valence-electron chi connectivity index (χ4n) is 0.620. The van der Waals surface area contributed by atoms with Gasteiger partial charge in [0.05, 0.1) is 0 Å². The minimum absolute atomic E-state index is 0. The number of halogens is 5. The van der Waals surface area contributed by atoms with Gasteiger partial charge in [0.25, 0.3) is 0 Å². The Kier molecular flexibility index (Phi) is 6.41. The number of hydrogen-bond donors (Lipinski definition) is 0. The SMILES string of the molecule is O=S(=O)([O-])C(F)(F)CCCC(F)(F)F.[Li+]. The van der Waals surface area contributed by atoms with Gasteiger partial charge in [-0.25, -0.2) is 8.42 Å². The van der Waals surface area contributed by atoms with Gasteiger partial charge in [-0.2, -0.15) is 22.0 Å². The van der Waals surface area contributed by atoms with E-state index in [4.69, 9.17) is 0 Å². The van der Waals surface area contributed by atoms with Crippen LogP contribution in [0.4, 0.5) is 22.0 Å². The van der Waals surface area contributed by atoms with Gasteiger partial charge < -0.3 is 4.55 Å². The van der Waals surface area contributed by atoms with Gasteiger partial charge in [-0.3, -0.25) is 0 Å². The molecule has 0 saturated heterocycles. The maximum absolute atomic E-state index is 12.2. The van der Waals surface area contributed by atoms with Crippen LogP contribution in [0.15, 0.2) is 0 Å². The van der Waals surface area contributed by atoms with E-state index in [9.17, 15) is 34.9 Å². The van der Waals surface area contributed by atoms with Crippen molar-refractivity contribution in [3.05, 3.63) is 0 Å². The predicted octanol–water partition coefficient (Wildman–Crippen LogP) is -1.14. The van der Waals surface area contributed by atoms with Gasteiger partial charge >= 0.3 is 30.3 Å². The quantitative estimate of drug-likeness (QED) is 0.359. The second kappa shape index (κ2) is 5.48. The molecule has 0 bridgehead atoms. The summed E-state index contributed by atoms with van der Waals surface area (Å²) in [5.41, 5.74) is 0. The van der Waals surface area contributed by atoms with Gasteiger partial charge in [0.2, 0.25) is 0 Å². The predicted molar refractivity (Wildman–Crippen MR) is 34.6 cm³/mol. The van der Waals surface area contributed by atoms with Gasteiger partial charge in [0.15, 0.2) is 10.1 Å². The van der Waals surface area contributed by atoms with Crippen LogP contribution in [0.25, 0.3) is 0 Å². The van der Waals surface area contributed by atoms with E-state index in [-0.39, 0.29) is 18.9 Å². The molecule has 0 radical (unpaired) electrons. The molecular formula is C5H6F5LiO3S. The summed E-state index contributed by atoms with van der Waals surface area (Å²) in [7, 11) is -5.87. The average Bonchev–Trinajstić information content (AvgIpc) is 1.80. The monoisotopic (exact) mass is 248 g/mol. The summed E-state index contributed by atoms with van der Waals surface area (Å²) in [6.45, 7) is 0. The fraction of sp³-hybridized carbons (Fsp3) is 1.00. The number of rotatable bonds is 4. The third kappa shape index (κ3) is 7.11. The molecule has 0 heterocycles. The van der Waals surface area contributed by atoms with Gasteiger partial charge in [0.1, 0.15) is 0 Å². The molecule has 0 aliphatic rings. The zero-order chi connectivity index (χ0) is 11.6. The van der Waals surface area contributed by atoms with Crippen molar-refractivity contribution in [1.82, 2.24) is 0 Å². The summed E-state index contributed by atoms with van der Waals surface area (Å²) in [4.78, 5) is 0. The summed E-state index contributed by atoms with van der Waals surface area (Å²) < 4.78 is 88.3.